The lowest BCUT2D eigenvalue weighted by Gasteiger charge is -2.14. The summed E-state index contributed by atoms with van der Waals surface area (Å²) < 4.78 is 33.6. The van der Waals surface area contributed by atoms with E-state index < -0.39 is 0 Å². The van der Waals surface area contributed by atoms with E-state index >= 15 is 0 Å². The topological polar surface area (TPSA) is 72.5 Å². The van der Waals surface area contributed by atoms with Crippen molar-refractivity contribution >= 4 is 11.9 Å². The number of hydrogen-bond donors (Lipinski definition) is 0. The fourth-order valence-corrected chi connectivity index (χ4v) is 3.83. The molecule has 1 heterocycles. The van der Waals surface area contributed by atoms with Gasteiger partial charge in [-0.15, -0.1) is 0 Å². The van der Waals surface area contributed by atoms with Crippen LogP contribution in [0.4, 0.5) is 0 Å². The molecular weight excluding hydrogens is 436 g/mol. The second-order valence-electron chi connectivity index (χ2n) is 7.57. The Morgan fingerprint density at radius 1 is 0.853 bits per heavy atom. The maximum atomic E-state index is 13.0. The van der Waals surface area contributed by atoms with E-state index in [9.17, 15) is 4.79 Å². The van der Waals surface area contributed by atoms with E-state index in [1.807, 2.05) is 31.2 Å². The maximum absolute atomic E-state index is 13.0. The molecule has 0 unspecified atom stereocenters. The van der Waals surface area contributed by atoms with Crippen molar-refractivity contribution in [2.24, 2.45) is 0 Å². The molecular formula is C27H26O7. The predicted molar refractivity (Wildman–Crippen MR) is 128 cm³/mol. The van der Waals surface area contributed by atoms with Crippen LogP contribution < -0.4 is 28.4 Å². The quantitative estimate of drug-likeness (QED) is 0.425. The normalized spacial score (nSPS) is 13.3. The average Bonchev–Trinajstić information content (AvgIpc) is 3.19. The first kappa shape index (κ1) is 23.0. The second kappa shape index (κ2) is 9.79. The smallest absolute Gasteiger partial charge is 0.231 e. The molecule has 176 valence electrons. The Kier molecular flexibility index (Phi) is 6.63. The van der Waals surface area contributed by atoms with Crippen LogP contribution in [0.5, 0.6) is 34.5 Å². The molecule has 1 aliphatic heterocycles. The van der Waals surface area contributed by atoms with Crippen LogP contribution in [0.1, 0.15) is 27.0 Å². The van der Waals surface area contributed by atoms with Crippen LogP contribution in [0, 0.1) is 6.92 Å². The molecule has 7 heteroatoms. The number of allylic oxidation sites excluding steroid dienone is 1. The second-order valence-corrected chi connectivity index (χ2v) is 7.57. The lowest BCUT2D eigenvalue weighted by molar-refractivity contribution is 0.101. The van der Waals surface area contributed by atoms with E-state index in [0.29, 0.717) is 46.5 Å². The first-order valence-electron chi connectivity index (χ1n) is 10.6. The highest BCUT2D eigenvalue weighted by Crippen LogP contribution is 2.43. The zero-order chi connectivity index (χ0) is 24.2. The van der Waals surface area contributed by atoms with E-state index in [4.69, 9.17) is 28.4 Å². The monoisotopic (exact) mass is 462 g/mol. The molecule has 3 aromatic rings. The van der Waals surface area contributed by atoms with Gasteiger partial charge in [-0.1, -0.05) is 12.1 Å². The van der Waals surface area contributed by atoms with Crippen molar-refractivity contribution in [3.05, 3.63) is 76.5 Å². The zero-order valence-electron chi connectivity index (χ0n) is 19.8. The van der Waals surface area contributed by atoms with Gasteiger partial charge in [-0.3, -0.25) is 4.79 Å². The molecule has 0 atom stereocenters. The van der Waals surface area contributed by atoms with Crippen molar-refractivity contribution in [2.75, 3.05) is 28.4 Å². The Bertz CT molecular complexity index is 1260. The van der Waals surface area contributed by atoms with Gasteiger partial charge in [-0.25, -0.2) is 0 Å². The Labute approximate surface area is 198 Å². The number of ether oxygens (including phenoxy) is 6. The van der Waals surface area contributed by atoms with Crippen molar-refractivity contribution in [3.63, 3.8) is 0 Å². The molecule has 0 saturated heterocycles. The number of fused-ring (bicyclic) bond motifs is 1. The van der Waals surface area contributed by atoms with Crippen LogP contribution in [0.3, 0.4) is 0 Å². The van der Waals surface area contributed by atoms with Crippen LogP contribution in [0.2, 0.25) is 0 Å². The van der Waals surface area contributed by atoms with Gasteiger partial charge in [0.05, 0.1) is 34.0 Å². The number of carbonyl (C=O) groups excluding carboxylic acids is 1. The number of rotatable bonds is 8. The van der Waals surface area contributed by atoms with Gasteiger partial charge < -0.3 is 28.4 Å². The first-order valence-corrected chi connectivity index (χ1v) is 10.6. The van der Waals surface area contributed by atoms with Crippen molar-refractivity contribution < 1.29 is 33.2 Å². The van der Waals surface area contributed by atoms with E-state index in [-0.39, 0.29) is 11.5 Å². The molecule has 0 bridgehead atoms. The van der Waals surface area contributed by atoms with Gasteiger partial charge in [0.1, 0.15) is 23.9 Å². The number of benzene rings is 3. The van der Waals surface area contributed by atoms with Crippen LogP contribution in [0.15, 0.2) is 54.3 Å². The maximum Gasteiger partial charge on any atom is 0.231 e. The fraction of sp³-hybridized carbons (Fsp3) is 0.222. The van der Waals surface area contributed by atoms with Crippen LogP contribution >= 0.6 is 0 Å². The van der Waals surface area contributed by atoms with Gasteiger partial charge in [0, 0.05) is 11.1 Å². The Balaban J connectivity index is 1.61. The summed E-state index contributed by atoms with van der Waals surface area (Å²) in [6, 6.07) is 14.7. The van der Waals surface area contributed by atoms with Crippen LogP contribution in [-0.4, -0.2) is 34.2 Å². The number of methoxy groups -OCH3 is 4. The van der Waals surface area contributed by atoms with E-state index in [1.165, 1.54) is 14.2 Å². The van der Waals surface area contributed by atoms with Gasteiger partial charge in [-0.2, -0.15) is 0 Å². The third-order valence-corrected chi connectivity index (χ3v) is 5.59. The Morgan fingerprint density at radius 3 is 2.32 bits per heavy atom. The van der Waals surface area contributed by atoms with Crippen molar-refractivity contribution in [3.8, 4) is 34.5 Å². The number of hydrogen-bond acceptors (Lipinski definition) is 7. The molecule has 0 fully saturated rings. The standard InChI is InChI=1S/C27H26O7/c1-16-21(33-15-17-7-6-8-19(13-17)29-2)12-10-20-24(28)23(34-25(16)20)14-18-9-11-22(30-3)27(32-5)26(18)31-4/h6-14H,15H2,1-5H3/b23-14-. The molecule has 0 radical (unpaired) electrons. The van der Waals surface area contributed by atoms with E-state index in [1.54, 1.807) is 44.6 Å². The lowest BCUT2D eigenvalue weighted by Crippen LogP contribution is -2.00. The highest BCUT2D eigenvalue weighted by Gasteiger charge is 2.31. The van der Waals surface area contributed by atoms with Gasteiger partial charge in [0.25, 0.3) is 0 Å². The van der Waals surface area contributed by atoms with Crippen LogP contribution in [-0.2, 0) is 6.61 Å². The summed E-state index contributed by atoms with van der Waals surface area (Å²) in [6.45, 7) is 2.23. The fourth-order valence-electron chi connectivity index (χ4n) is 3.83. The van der Waals surface area contributed by atoms with Crippen molar-refractivity contribution in [1.82, 2.24) is 0 Å². The highest BCUT2D eigenvalue weighted by atomic mass is 16.5. The van der Waals surface area contributed by atoms with Gasteiger partial charge in [0.15, 0.2) is 17.3 Å². The summed E-state index contributed by atoms with van der Waals surface area (Å²) in [6.07, 6.45) is 1.64. The average molecular weight is 462 g/mol. The van der Waals surface area contributed by atoms with Gasteiger partial charge >= 0.3 is 0 Å². The molecule has 0 N–H and O–H groups in total. The summed E-state index contributed by atoms with van der Waals surface area (Å²) in [5.41, 5.74) is 2.83. The summed E-state index contributed by atoms with van der Waals surface area (Å²) in [4.78, 5) is 13.0. The number of ketones is 1. The molecule has 0 aromatic heterocycles. The molecule has 0 saturated carbocycles. The number of carbonyl (C=O) groups is 1. The summed E-state index contributed by atoms with van der Waals surface area (Å²) in [7, 11) is 6.23. The minimum atomic E-state index is -0.214. The minimum Gasteiger partial charge on any atom is -0.497 e. The minimum absolute atomic E-state index is 0.188. The van der Waals surface area contributed by atoms with Gasteiger partial charge in [0.2, 0.25) is 11.5 Å². The third kappa shape index (κ3) is 4.24. The Morgan fingerprint density at radius 2 is 1.62 bits per heavy atom. The van der Waals surface area contributed by atoms with Crippen molar-refractivity contribution in [2.45, 2.75) is 13.5 Å². The molecule has 0 aliphatic carbocycles. The molecule has 7 nitrogen and oxygen atoms in total. The molecule has 34 heavy (non-hydrogen) atoms. The lowest BCUT2D eigenvalue weighted by atomic mass is 10.1. The third-order valence-electron chi connectivity index (χ3n) is 5.59. The van der Waals surface area contributed by atoms with Crippen molar-refractivity contribution in [1.29, 1.82) is 0 Å². The first-order chi connectivity index (χ1) is 16.5. The molecule has 3 aromatic carbocycles. The largest absolute Gasteiger partial charge is 0.497 e. The van der Waals surface area contributed by atoms with Gasteiger partial charge in [-0.05, 0) is 55.0 Å². The summed E-state index contributed by atoms with van der Waals surface area (Å²) in [5.74, 6) is 3.27. The SMILES string of the molecule is COc1cccc(COc2ccc3c(c2C)O/C(=C\c2ccc(OC)c(OC)c2OC)C3=O)c1. The van der Waals surface area contributed by atoms with E-state index in [2.05, 4.69) is 0 Å². The molecule has 4 rings (SSSR count). The molecule has 1 aliphatic rings. The number of Topliss-reactive ketones (excluding diaryl/α,β-unsaturated/α-hetero) is 1. The predicted octanol–water partition coefficient (Wildman–Crippen LogP) is 5.22. The van der Waals surface area contributed by atoms with E-state index in [0.717, 1.165) is 16.9 Å². The Hall–Kier alpha value is -4.13. The van der Waals surface area contributed by atoms with Crippen LogP contribution in [0.25, 0.3) is 6.08 Å². The highest BCUT2D eigenvalue weighted by molar-refractivity contribution is 6.15. The molecule has 0 amide bonds. The molecule has 0 spiro atoms. The summed E-state index contributed by atoms with van der Waals surface area (Å²) in [5, 5.41) is 0. The summed E-state index contributed by atoms with van der Waals surface area (Å²) >= 11 is 0. The zero-order valence-corrected chi connectivity index (χ0v) is 19.8.